The van der Waals surface area contributed by atoms with Gasteiger partial charge in [-0.05, 0) is 42.0 Å². The number of carbonyl (C=O) groups excluding carboxylic acids is 1. The van der Waals surface area contributed by atoms with Crippen molar-refractivity contribution in [1.29, 1.82) is 0 Å². The molecule has 5 heteroatoms. The highest BCUT2D eigenvalue weighted by molar-refractivity contribution is 9.10. The van der Waals surface area contributed by atoms with Crippen LogP contribution in [0.1, 0.15) is 16.1 Å². The molecule has 4 nitrogen and oxygen atoms in total. The summed E-state index contributed by atoms with van der Waals surface area (Å²) in [5.41, 5.74) is 1.14. The third-order valence-electron chi connectivity index (χ3n) is 3.32. The molecule has 0 unspecified atom stereocenters. The lowest BCUT2D eigenvalue weighted by atomic mass is 10.1. The Labute approximate surface area is 130 Å². The van der Waals surface area contributed by atoms with Crippen LogP contribution < -0.4 is 4.74 Å². The zero-order valence-corrected chi connectivity index (χ0v) is 13.2. The minimum atomic E-state index is 0.457. The smallest absolute Gasteiger partial charge is 0.228 e. The highest BCUT2D eigenvalue weighted by Gasteiger charge is 2.14. The fraction of sp³-hybridized carbons (Fsp3) is 0.125. The van der Waals surface area contributed by atoms with Crippen molar-refractivity contribution >= 4 is 33.0 Å². The summed E-state index contributed by atoms with van der Waals surface area (Å²) in [7, 11) is 1.76. The molecule has 3 rings (SSSR count). The molecule has 0 aliphatic carbocycles. The molecule has 0 spiro atoms. The summed E-state index contributed by atoms with van der Waals surface area (Å²) in [6.07, 6.45) is 0.774. The Morgan fingerprint density at radius 2 is 1.90 bits per heavy atom. The molecule has 0 bridgehead atoms. The maximum absolute atomic E-state index is 11.2. The lowest BCUT2D eigenvalue weighted by Crippen LogP contribution is -1.96. The number of hydrogen-bond donors (Lipinski definition) is 0. The van der Waals surface area contributed by atoms with Gasteiger partial charge in [-0.2, -0.15) is 5.10 Å². The first kappa shape index (κ1) is 13.8. The van der Waals surface area contributed by atoms with E-state index in [0.717, 1.165) is 21.5 Å². The average molecular weight is 345 g/mol. The van der Waals surface area contributed by atoms with Crippen LogP contribution in [0.5, 0.6) is 11.6 Å². The number of rotatable bonds is 3. The van der Waals surface area contributed by atoms with E-state index in [1.807, 2.05) is 36.4 Å². The van der Waals surface area contributed by atoms with Crippen LogP contribution in [0.2, 0.25) is 0 Å². The maximum atomic E-state index is 11.2. The quantitative estimate of drug-likeness (QED) is 0.667. The van der Waals surface area contributed by atoms with Gasteiger partial charge in [0.15, 0.2) is 6.29 Å². The maximum Gasteiger partial charge on any atom is 0.228 e. The van der Waals surface area contributed by atoms with Crippen molar-refractivity contribution in [3.63, 3.8) is 0 Å². The number of carbonyl (C=O) groups is 1. The average Bonchev–Trinajstić information content (AvgIpc) is 2.73. The van der Waals surface area contributed by atoms with Gasteiger partial charge in [0, 0.05) is 11.5 Å². The van der Waals surface area contributed by atoms with Gasteiger partial charge in [0.05, 0.1) is 11.3 Å². The highest BCUT2D eigenvalue weighted by Crippen LogP contribution is 2.29. The van der Waals surface area contributed by atoms with E-state index in [-0.39, 0.29) is 0 Å². The molecule has 0 amide bonds. The van der Waals surface area contributed by atoms with E-state index in [0.29, 0.717) is 22.9 Å². The van der Waals surface area contributed by atoms with Gasteiger partial charge in [0.25, 0.3) is 0 Å². The van der Waals surface area contributed by atoms with E-state index in [1.54, 1.807) is 18.7 Å². The van der Waals surface area contributed by atoms with Gasteiger partial charge < -0.3 is 4.74 Å². The zero-order chi connectivity index (χ0) is 15.0. The van der Waals surface area contributed by atoms with Crippen molar-refractivity contribution in [2.24, 2.45) is 7.05 Å². The first-order chi connectivity index (χ1) is 10.1. The minimum absolute atomic E-state index is 0.457. The molecule has 0 radical (unpaired) electrons. The number of halogens is 1. The second-order valence-electron chi connectivity index (χ2n) is 4.80. The fourth-order valence-corrected chi connectivity index (χ4v) is 2.66. The molecule has 0 aliphatic rings. The van der Waals surface area contributed by atoms with E-state index in [2.05, 4.69) is 21.0 Å². The molecule has 2 aromatic carbocycles. The summed E-state index contributed by atoms with van der Waals surface area (Å²) in [6, 6.07) is 11.9. The van der Waals surface area contributed by atoms with Crippen molar-refractivity contribution in [2.75, 3.05) is 0 Å². The summed E-state index contributed by atoms with van der Waals surface area (Å²) >= 11 is 3.45. The predicted molar refractivity (Wildman–Crippen MR) is 85.1 cm³/mol. The molecule has 0 fully saturated rings. The molecule has 0 aliphatic heterocycles. The molecule has 3 aromatic rings. The van der Waals surface area contributed by atoms with Gasteiger partial charge in [0.2, 0.25) is 5.88 Å². The molecule has 106 valence electrons. The second-order valence-corrected chi connectivity index (χ2v) is 5.72. The third-order valence-corrected chi connectivity index (χ3v) is 3.81. The van der Waals surface area contributed by atoms with Crippen LogP contribution >= 0.6 is 15.9 Å². The Hall–Kier alpha value is -2.14. The van der Waals surface area contributed by atoms with Crippen LogP contribution in [0.3, 0.4) is 0 Å². The van der Waals surface area contributed by atoms with Crippen LogP contribution in [0.15, 0.2) is 40.9 Å². The van der Waals surface area contributed by atoms with Crippen LogP contribution in [0.4, 0.5) is 0 Å². The standard InChI is InChI=1S/C16H13BrN2O2/c1-10-15(9-20)16(19(2)18-10)21-14-6-4-11-7-13(17)5-3-12(11)8-14/h3-9H,1-2H3. The van der Waals surface area contributed by atoms with Crippen molar-refractivity contribution in [3.05, 3.63) is 52.1 Å². The Kier molecular flexibility index (Phi) is 3.51. The summed E-state index contributed by atoms with van der Waals surface area (Å²) in [6.45, 7) is 1.79. The van der Waals surface area contributed by atoms with E-state index >= 15 is 0 Å². The first-order valence-electron chi connectivity index (χ1n) is 6.44. The van der Waals surface area contributed by atoms with Gasteiger partial charge in [-0.25, -0.2) is 4.68 Å². The lowest BCUT2D eigenvalue weighted by Gasteiger charge is -2.08. The van der Waals surface area contributed by atoms with Crippen molar-refractivity contribution in [2.45, 2.75) is 6.92 Å². The molecule has 21 heavy (non-hydrogen) atoms. The molecular formula is C16H13BrN2O2. The largest absolute Gasteiger partial charge is 0.439 e. The van der Waals surface area contributed by atoms with Crippen molar-refractivity contribution in [1.82, 2.24) is 9.78 Å². The van der Waals surface area contributed by atoms with Crippen LogP contribution in [0, 0.1) is 6.92 Å². The van der Waals surface area contributed by atoms with E-state index < -0.39 is 0 Å². The van der Waals surface area contributed by atoms with Crippen LogP contribution in [-0.2, 0) is 7.05 Å². The number of benzene rings is 2. The van der Waals surface area contributed by atoms with Crippen LogP contribution in [0.25, 0.3) is 10.8 Å². The number of fused-ring (bicyclic) bond motifs is 1. The summed E-state index contributed by atoms with van der Waals surface area (Å²) in [5, 5.41) is 6.40. The Bertz CT molecular complexity index is 840. The SMILES string of the molecule is Cc1nn(C)c(Oc2ccc3cc(Br)ccc3c2)c1C=O. The van der Waals surface area contributed by atoms with Gasteiger partial charge in [-0.1, -0.05) is 28.1 Å². The molecule has 1 aromatic heterocycles. The van der Waals surface area contributed by atoms with Gasteiger partial charge in [-0.15, -0.1) is 0 Å². The van der Waals surface area contributed by atoms with E-state index in [9.17, 15) is 4.79 Å². The number of aromatic nitrogens is 2. The Balaban J connectivity index is 2.02. The molecule has 1 heterocycles. The van der Waals surface area contributed by atoms with Gasteiger partial charge in [-0.3, -0.25) is 4.79 Å². The topological polar surface area (TPSA) is 44.1 Å². The van der Waals surface area contributed by atoms with E-state index in [1.165, 1.54) is 0 Å². The van der Waals surface area contributed by atoms with Gasteiger partial charge in [0.1, 0.15) is 5.75 Å². The molecule has 0 atom stereocenters. The van der Waals surface area contributed by atoms with Crippen molar-refractivity contribution < 1.29 is 9.53 Å². The number of ether oxygens (including phenoxy) is 1. The molecule has 0 N–H and O–H groups in total. The molecule has 0 saturated heterocycles. The third kappa shape index (κ3) is 2.56. The highest BCUT2D eigenvalue weighted by atomic mass is 79.9. The van der Waals surface area contributed by atoms with Crippen LogP contribution in [-0.4, -0.2) is 16.1 Å². The Morgan fingerprint density at radius 3 is 2.67 bits per heavy atom. The predicted octanol–water partition coefficient (Wildman–Crippen LogP) is 4.25. The minimum Gasteiger partial charge on any atom is -0.439 e. The first-order valence-corrected chi connectivity index (χ1v) is 7.24. The molecule has 0 saturated carbocycles. The summed E-state index contributed by atoms with van der Waals surface area (Å²) < 4.78 is 8.46. The number of aldehydes is 1. The number of aryl methyl sites for hydroxylation is 2. The normalized spacial score (nSPS) is 10.8. The summed E-state index contributed by atoms with van der Waals surface area (Å²) in [5.74, 6) is 1.13. The Morgan fingerprint density at radius 1 is 1.19 bits per heavy atom. The zero-order valence-electron chi connectivity index (χ0n) is 11.6. The van der Waals surface area contributed by atoms with E-state index in [4.69, 9.17) is 4.74 Å². The second kappa shape index (κ2) is 5.33. The number of hydrogen-bond acceptors (Lipinski definition) is 3. The fourth-order valence-electron chi connectivity index (χ4n) is 2.28. The molecular weight excluding hydrogens is 332 g/mol. The van der Waals surface area contributed by atoms with Gasteiger partial charge >= 0.3 is 0 Å². The monoisotopic (exact) mass is 344 g/mol. The lowest BCUT2D eigenvalue weighted by molar-refractivity contribution is 0.112. The number of nitrogens with zero attached hydrogens (tertiary/aromatic N) is 2. The van der Waals surface area contributed by atoms with Crippen molar-refractivity contribution in [3.8, 4) is 11.6 Å². The summed E-state index contributed by atoms with van der Waals surface area (Å²) in [4.78, 5) is 11.2.